The van der Waals surface area contributed by atoms with Crippen LogP contribution in [0.15, 0.2) is 94.1 Å². The third kappa shape index (κ3) is 3.86. The van der Waals surface area contributed by atoms with E-state index in [1.54, 1.807) is 23.0 Å². The fourth-order valence-electron chi connectivity index (χ4n) is 3.06. The van der Waals surface area contributed by atoms with Crippen LogP contribution in [0.25, 0.3) is 28.6 Å². The summed E-state index contributed by atoms with van der Waals surface area (Å²) in [4.78, 5) is 12.9. The van der Waals surface area contributed by atoms with Gasteiger partial charge in [-0.25, -0.2) is 9.48 Å². The van der Waals surface area contributed by atoms with Crippen LogP contribution in [-0.4, -0.2) is 25.9 Å². The highest BCUT2D eigenvalue weighted by molar-refractivity contribution is 5.96. The molecule has 0 bridgehead atoms. The Kier molecular flexibility index (Phi) is 4.86. The van der Waals surface area contributed by atoms with Crippen LogP contribution in [0.3, 0.4) is 0 Å². The summed E-state index contributed by atoms with van der Waals surface area (Å²) in [6, 6.07) is 22.4. The highest BCUT2D eigenvalue weighted by Gasteiger charge is 2.21. The number of para-hydroxylation sites is 1. The maximum atomic E-state index is 12.9. The molecule has 0 saturated heterocycles. The summed E-state index contributed by atoms with van der Waals surface area (Å²) in [6.45, 7) is -0.169. The second-order valence-corrected chi connectivity index (χ2v) is 6.59. The van der Waals surface area contributed by atoms with Gasteiger partial charge >= 0.3 is 5.97 Å². The molecule has 0 amide bonds. The predicted molar refractivity (Wildman–Crippen MR) is 110 cm³/mol. The number of hydrogen-bond acceptors (Lipinski definition) is 7. The molecule has 0 fully saturated rings. The number of carbonyl (C=O) groups excluding carboxylic acids is 1. The zero-order chi connectivity index (χ0) is 21.0. The molecule has 5 aromatic rings. The van der Waals surface area contributed by atoms with Gasteiger partial charge in [0.05, 0.1) is 12.0 Å². The van der Waals surface area contributed by atoms with Crippen molar-refractivity contribution in [3.8, 4) is 28.6 Å². The molecule has 0 spiro atoms. The molecular weight excluding hydrogens is 396 g/mol. The zero-order valence-corrected chi connectivity index (χ0v) is 16.2. The summed E-state index contributed by atoms with van der Waals surface area (Å²) >= 11 is 0. The molecule has 3 heterocycles. The molecule has 0 aliphatic carbocycles. The summed E-state index contributed by atoms with van der Waals surface area (Å²) in [6.07, 6.45) is 3.16. The topological polar surface area (TPSA) is 96.2 Å². The Labute approximate surface area is 176 Å². The van der Waals surface area contributed by atoms with E-state index in [-0.39, 0.29) is 18.4 Å². The van der Waals surface area contributed by atoms with E-state index in [0.29, 0.717) is 17.0 Å². The van der Waals surface area contributed by atoms with E-state index in [0.717, 1.165) is 11.3 Å². The van der Waals surface area contributed by atoms with Crippen molar-refractivity contribution in [3.05, 3.63) is 96.7 Å². The minimum Gasteiger partial charge on any atom is -0.459 e. The third-order valence-corrected chi connectivity index (χ3v) is 4.53. The standard InChI is InChI=1S/C23H16N4O4/c28-23(30-15-20-24-25-22(31-20)19-12-7-13-29-19)18-14-27(17-10-5-2-6-11-17)26-21(18)16-8-3-1-4-9-16/h1-14H,15H2. The molecule has 8 nitrogen and oxygen atoms in total. The van der Waals surface area contributed by atoms with Crippen LogP contribution >= 0.6 is 0 Å². The van der Waals surface area contributed by atoms with Gasteiger partial charge in [-0.1, -0.05) is 48.5 Å². The fourth-order valence-corrected chi connectivity index (χ4v) is 3.06. The molecule has 8 heteroatoms. The van der Waals surface area contributed by atoms with Crippen molar-refractivity contribution in [1.82, 2.24) is 20.0 Å². The smallest absolute Gasteiger partial charge is 0.342 e. The number of aromatic nitrogens is 4. The second kappa shape index (κ2) is 8.11. The Bertz CT molecular complexity index is 1290. The van der Waals surface area contributed by atoms with Crippen molar-refractivity contribution in [1.29, 1.82) is 0 Å². The first-order chi connectivity index (χ1) is 15.3. The van der Waals surface area contributed by atoms with Crippen LogP contribution in [-0.2, 0) is 11.3 Å². The first-order valence-electron chi connectivity index (χ1n) is 9.52. The highest BCUT2D eigenvalue weighted by atomic mass is 16.5. The summed E-state index contributed by atoms with van der Waals surface area (Å²) < 4.78 is 17.8. The number of carbonyl (C=O) groups is 1. The average Bonchev–Trinajstić information content (AvgIpc) is 3.59. The molecule has 2 aromatic carbocycles. The van der Waals surface area contributed by atoms with Gasteiger partial charge in [0, 0.05) is 11.8 Å². The van der Waals surface area contributed by atoms with Crippen molar-refractivity contribution >= 4 is 5.97 Å². The van der Waals surface area contributed by atoms with E-state index in [4.69, 9.17) is 13.6 Å². The number of nitrogens with zero attached hydrogens (tertiary/aromatic N) is 4. The van der Waals surface area contributed by atoms with Crippen LogP contribution < -0.4 is 0 Å². The fraction of sp³-hybridized carbons (Fsp3) is 0.0435. The lowest BCUT2D eigenvalue weighted by Gasteiger charge is -2.02. The number of rotatable bonds is 6. The monoisotopic (exact) mass is 412 g/mol. The molecule has 3 aromatic heterocycles. The summed E-state index contributed by atoms with van der Waals surface area (Å²) in [5, 5.41) is 12.4. The van der Waals surface area contributed by atoms with Crippen molar-refractivity contribution in [2.45, 2.75) is 6.61 Å². The molecule has 0 atom stereocenters. The second-order valence-electron chi connectivity index (χ2n) is 6.59. The summed E-state index contributed by atoms with van der Waals surface area (Å²) in [7, 11) is 0. The molecule has 0 N–H and O–H groups in total. The quantitative estimate of drug-likeness (QED) is 0.378. The number of esters is 1. The average molecular weight is 412 g/mol. The number of hydrogen-bond donors (Lipinski definition) is 0. The van der Waals surface area contributed by atoms with Crippen molar-refractivity contribution in [2.75, 3.05) is 0 Å². The van der Waals surface area contributed by atoms with Gasteiger partial charge in [-0.2, -0.15) is 5.10 Å². The lowest BCUT2D eigenvalue weighted by Crippen LogP contribution is -2.06. The lowest BCUT2D eigenvalue weighted by molar-refractivity contribution is 0.0439. The van der Waals surface area contributed by atoms with Gasteiger partial charge in [0.1, 0.15) is 11.3 Å². The van der Waals surface area contributed by atoms with Crippen molar-refractivity contribution in [3.63, 3.8) is 0 Å². The molecule has 0 aliphatic rings. The Hall–Kier alpha value is -4.46. The molecular formula is C23H16N4O4. The normalized spacial score (nSPS) is 10.8. The summed E-state index contributed by atoms with van der Waals surface area (Å²) in [5.74, 6) is 0.286. The summed E-state index contributed by atoms with van der Waals surface area (Å²) in [5.41, 5.74) is 2.50. The van der Waals surface area contributed by atoms with Crippen LogP contribution in [0.4, 0.5) is 0 Å². The number of benzene rings is 2. The maximum absolute atomic E-state index is 12.9. The van der Waals surface area contributed by atoms with E-state index in [1.165, 1.54) is 6.26 Å². The highest BCUT2D eigenvalue weighted by Crippen LogP contribution is 2.25. The van der Waals surface area contributed by atoms with Gasteiger partial charge in [0.25, 0.3) is 11.8 Å². The van der Waals surface area contributed by atoms with E-state index >= 15 is 0 Å². The predicted octanol–water partition coefficient (Wildman–Crippen LogP) is 4.54. The molecule has 0 aliphatic heterocycles. The molecule has 31 heavy (non-hydrogen) atoms. The van der Waals surface area contributed by atoms with Gasteiger partial charge in [-0.05, 0) is 24.3 Å². The van der Waals surface area contributed by atoms with Gasteiger partial charge in [-0.15, -0.1) is 10.2 Å². The van der Waals surface area contributed by atoms with Crippen molar-refractivity contribution < 1.29 is 18.4 Å². The molecule has 5 rings (SSSR count). The molecule has 0 saturated carbocycles. The van der Waals surface area contributed by atoms with E-state index in [9.17, 15) is 4.79 Å². The van der Waals surface area contributed by atoms with Gasteiger partial charge in [0.15, 0.2) is 12.4 Å². The Balaban J connectivity index is 1.40. The first-order valence-corrected chi connectivity index (χ1v) is 9.52. The Morgan fingerprint density at radius 3 is 2.45 bits per heavy atom. The SMILES string of the molecule is O=C(OCc1nnc(-c2ccco2)o1)c1cn(-c2ccccc2)nc1-c1ccccc1. The van der Waals surface area contributed by atoms with Crippen LogP contribution in [0.5, 0.6) is 0 Å². The van der Waals surface area contributed by atoms with Crippen LogP contribution in [0.2, 0.25) is 0 Å². The molecule has 0 unspecified atom stereocenters. The van der Waals surface area contributed by atoms with E-state index < -0.39 is 5.97 Å². The minimum absolute atomic E-state index is 0.163. The first kappa shape index (κ1) is 18.6. The maximum Gasteiger partial charge on any atom is 0.342 e. The van der Waals surface area contributed by atoms with Crippen molar-refractivity contribution in [2.24, 2.45) is 0 Å². The van der Waals surface area contributed by atoms with E-state index in [2.05, 4.69) is 15.3 Å². The Morgan fingerprint density at radius 1 is 0.935 bits per heavy atom. The zero-order valence-electron chi connectivity index (χ0n) is 16.2. The molecule has 152 valence electrons. The number of ether oxygens (including phenoxy) is 1. The lowest BCUT2D eigenvalue weighted by atomic mass is 10.1. The van der Waals surface area contributed by atoms with Crippen LogP contribution in [0.1, 0.15) is 16.2 Å². The van der Waals surface area contributed by atoms with Crippen LogP contribution in [0, 0.1) is 0 Å². The minimum atomic E-state index is -0.543. The van der Waals surface area contributed by atoms with Gasteiger partial charge in [-0.3, -0.25) is 0 Å². The van der Waals surface area contributed by atoms with Gasteiger partial charge in [0.2, 0.25) is 0 Å². The Morgan fingerprint density at radius 2 is 1.71 bits per heavy atom. The number of furan rings is 1. The van der Waals surface area contributed by atoms with E-state index in [1.807, 2.05) is 60.7 Å². The third-order valence-electron chi connectivity index (χ3n) is 4.53. The molecule has 0 radical (unpaired) electrons. The van der Waals surface area contributed by atoms with Gasteiger partial charge < -0.3 is 13.6 Å². The largest absolute Gasteiger partial charge is 0.459 e.